The molecule has 0 spiro atoms. The number of nitrogens with zero attached hydrogens (tertiary/aromatic N) is 4. The molecule has 1 aliphatic heterocycles. The summed E-state index contributed by atoms with van der Waals surface area (Å²) in [5, 5.41) is 6.09. The van der Waals surface area contributed by atoms with Gasteiger partial charge in [-0.25, -0.2) is 8.42 Å². The number of sulfonamides is 1. The van der Waals surface area contributed by atoms with E-state index in [-0.39, 0.29) is 12.1 Å². The van der Waals surface area contributed by atoms with Gasteiger partial charge in [-0.2, -0.15) is 4.31 Å². The van der Waals surface area contributed by atoms with E-state index in [0.717, 1.165) is 63.9 Å². The summed E-state index contributed by atoms with van der Waals surface area (Å²) in [6, 6.07) is 0.410. The second-order valence-electron chi connectivity index (χ2n) is 6.43. The lowest BCUT2D eigenvalue weighted by molar-refractivity contribution is 0.160. The lowest BCUT2D eigenvalue weighted by Crippen LogP contribution is -2.49. The van der Waals surface area contributed by atoms with Crippen molar-refractivity contribution in [1.82, 2.24) is 18.8 Å². The standard InChI is InChI=1S/C14H24N4O2S2/c1-22(19,20)18(13-4-2-5-13)14-6-3-8-17(9-7-14)10-12-11-21-16-15-12/h11,13-14H,2-10H2,1H3. The van der Waals surface area contributed by atoms with Crippen LogP contribution in [-0.2, 0) is 16.6 Å². The molecule has 1 aliphatic carbocycles. The van der Waals surface area contributed by atoms with Crippen molar-refractivity contribution >= 4 is 21.6 Å². The average molecular weight is 345 g/mol. The number of hydrogen-bond donors (Lipinski definition) is 0. The van der Waals surface area contributed by atoms with Crippen LogP contribution in [0.2, 0.25) is 0 Å². The molecule has 1 aromatic rings. The first-order valence-electron chi connectivity index (χ1n) is 8.01. The fourth-order valence-electron chi connectivity index (χ4n) is 3.51. The molecule has 8 heteroatoms. The summed E-state index contributed by atoms with van der Waals surface area (Å²) >= 11 is 1.38. The molecule has 1 atom stereocenters. The molecule has 0 N–H and O–H groups in total. The van der Waals surface area contributed by atoms with Gasteiger partial charge in [-0.3, -0.25) is 4.90 Å². The van der Waals surface area contributed by atoms with E-state index in [0.29, 0.717) is 0 Å². The van der Waals surface area contributed by atoms with Crippen LogP contribution >= 0.6 is 11.5 Å². The molecule has 1 saturated carbocycles. The first-order valence-corrected chi connectivity index (χ1v) is 10.7. The molecule has 2 fully saturated rings. The quantitative estimate of drug-likeness (QED) is 0.813. The van der Waals surface area contributed by atoms with E-state index in [1.807, 2.05) is 9.69 Å². The predicted octanol–water partition coefficient (Wildman–Crippen LogP) is 1.71. The molecule has 1 saturated heterocycles. The second kappa shape index (κ2) is 6.90. The Labute approximate surface area is 136 Å². The largest absolute Gasteiger partial charge is 0.297 e. The molecule has 1 aromatic heterocycles. The maximum atomic E-state index is 12.2. The van der Waals surface area contributed by atoms with Crippen molar-refractivity contribution in [2.24, 2.45) is 0 Å². The minimum atomic E-state index is -3.11. The third kappa shape index (κ3) is 3.84. The first kappa shape index (κ1) is 16.3. The molecule has 1 unspecified atom stereocenters. The smallest absolute Gasteiger partial charge is 0.211 e. The summed E-state index contributed by atoms with van der Waals surface area (Å²) in [4.78, 5) is 2.37. The highest BCUT2D eigenvalue weighted by Gasteiger charge is 2.37. The zero-order chi connectivity index (χ0) is 15.6. The minimum absolute atomic E-state index is 0.166. The van der Waals surface area contributed by atoms with Gasteiger partial charge in [-0.1, -0.05) is 10.9 Å². The maximum absolute atomic E-state index is 12.2. The normalized spacial score (nSPS) is 25.1. The van der Waals surface area contributed by atoms with E-state index in [4.69, 9.17) is 0 Å². The van der Waals surface area contributed by atoms with Gasteiger partial charge in [0.25, 0.3) is 0 Å². The average Bonchev–Trinajstić information content (AvgIpc) is 2.79. The van der Waals surface area contributed by atoms with E-state index in [1.165, 1.54) is 17.8 Å². The van der Waals surface area contributed by atoms with Crippen molar-refractivity contribution in [1.29, 1.82) is 0 Å². The van der Waals surface area contributed by atoms with Gasteiger partial charge in [0.2, 0.25) is 10.0 Å². The maximum Gasteiger partial charge on any atom is 0.211 e. The van der Waals surface area contributed by atoms with Crippen molar-refractivity contribution in [3.63, 3.8) is 0 Å². The van der Waals surface area contributed by atoms with Gasteiger partial charge < -0.3 is 0 Å². The summed E-state index contributed by atoms with van der Waals surface area (Å²) < 4.78 is 30.2. The Morgan fingerprint density at radius 1 is 1.23 bits per heavy atom. The van der Waals surface area contributed by atoms with Crippen LogP contribution in [0.15, 0.2) is 5.38 Å². The molecule has 22 heavy (non-hydrogen) atoms. The Morgan fingerprint density at radius 2 is 1.95 bits per heavy atom. The van der Waals surface area contributed by atoms with E-state index in [2.05, 4.69) is 14.5 Å². The molecule has 2 heterocycles. The number of rotatable bonds is 5. The van der Waals surface area contributed by atoms with Crippen molar-refractivity contribution in [2.75, 3.05) is 19.3 Å². The van der Waals surface area contributed by atoms with Crippen LogP contribution in [0.25, 0.3) is 0 Å². The Balaban J connectivity index is 1.63. The van der Waals surface area contributed by atoms with Gasteiger partial charge in [0.1, 0.15) is 0 Å². The Bertz CT molecular complexity index is 572. The Hall–Kier alpha value is -0.570. The van der Waals surface area contributed by atoms with Gasteiger partial charge in [-0.05, 0) is 50.2 Å². The van der Waals surface area contributed by atoms with E-state index < -0.39 is 10.0 Å². The van der Waals surface area contributed by atoms with Gasteiger partial charge in [0.15, 0.2) is 0 Å². The molecule has 124 valence electrons. The van der Waals surface area contributed by atoms with Crippen LogP contribution < -0.4 is 0 Å². The van der Waals surface area contributed by atoms with Crippen molar-refractivity contribution in [3.8, 4) is 0 Å². The van der Waals surface area contributed by atoms with Gasteiger partial charge >= 0.3 is 0 Å². The predicted molar refractivity (Wildman–Crippen MR) is 87.1 cm³/mol. The zero-order valence-electron chi connectivity index (χ0n) is 13.0. The lowest BCUT2D eigenvalue weighted by Gasteiger charge is -2.40. The van der Waals surface area contributed by atoms with Crippen LogP contribution in [-0.4, -0.2) is 58.6 Å². The van der Waals surface area contributed by atoms with Gasteiger partial charge in [-0.15, -0.1) is 5.10 Å². The summed E-state index contributed by atoms with van der Waals surface area (Å²) in [6.07, 6.45) is 7.51. The molecule has 2 aliphatic rings. The van der Waals surface area contributed by atoms with Gasteiger partial charge in [0, 0.05) is 30.6 Å². The molecule has 0 radical (unpaired) electrons. The highest BCUT2D eigenvalue weighted by Crippen LogP contribution is 2.32. The Kier molecular flexibility index (Phi) is 5.11. The van der Waals surface area contributed by atoms with Crippen molar-refractivity contribution in [2.45, 2.75) is 57.2 Å². The van der Waals surface area contributed by atoms with Gasteiger partial charge in [0.05, 0.1) is 11.9 Å². The number of hydrogen-bond acceptors (Lipinski definition) is 6. The van der Waals surface area contributed by atoms with E-state index in [1.54, 1.807) is 0 Å². The highest BCUT2D eigenvalue weighted by atomic mass is 32.2. The third-order valence-corrected chi connectivity index (χ3v) is 6.67. The Morgan fingerprint density at radius 3 is 2.55 bits per heavy atom. The van der Waals surface area contributed by atoms with E-state index in [9.17, 15) is 8.42 Å². The molecular weight excluding hydrogens is 320 g/mol. The van der Waals surface area contributed by atoms with Crippen LogP contribution in [0, 0.1) is 0 Å². The molecule has 0 aromatic carbocycles. The van der Waals surface area contributed by atoms with Crippen LogP contribution in [0.3, 0.4) is 0 Å². The van der Waals surface area contributed by atoms with Crippen LogP contribution in [0.4, 0.5) is 0 Å². The summed E-state index contributed by atoms with van der Waals surface area (Å²) in [5.74, 6) is 0. The SMILES string of the molecule is CS(=O)(=O)N(C1CCC1)C1CCCN(Cc2csnn2)CC1. The zero-order valence-corrected chi connectivity index (χ0v) is 14.7. The third-order valence-electron chi connectivity index (χ3n) is 4.76. The minimum Gasteiger partial charge on any atom is -0.297 e. The fourth-order valence-corrected chi connectivity index (χ4v) is 5.46. The molecule has 0 bridgehead atoms. The highest BCUT2D eigenvalue weighted by molar-refractivity contribution is 7.88. The topological polar surface area (TPSA) is 66.4 Å². The molecular formula is C14H24N4O2S2. The van der Waals surface area contributed by atoms with E-state index >= 15 is 0 Å². The molecule has 6 nitrogen and oxygen atoms in total. The van der Waals surface area contributed by atoms with Crippen LogP contribution in [0.5, 0.6) is 0 Å². The van der Waals surface area contributed by atoms with Crippen LogP contribution in [0.1, 0.15) is 44.2 Å². The first-order chi connectivity index (χ1) is 10.5. The monoisotopic (exact) mass is 344 g/mol. The number of likely N-dealkylation sites (tertiary alicyclic amines) is 1. The molecule has 0 amide bonds. The summed E-state index contributed by atoms with van der Waals surface area (Å²) in [7, 11) is -3.11. The summed E-state index contributed by atoms with van der Waals surface area (Å²) in [5.41, 5.74) is 1.02. The van der Waals surface area contributed by atoms with Crippen molar-refractivity contribution in [3.05, 3.63) is 11.1 Å². The number of aromatic nitrogens is 2. The molecule has 3 rings (SSSR count). The second-order valence-corrected chi connectivity index (χ2v) is 8.93. The lowest BCUT2D eigenvalue weighted by atomic mass is 9.91. The fraction of sp³-hybridized carbons (Fsp3) is 0.857. The van der Waals surface area contributed by atoms with Crippen molar-refractivity contribution < 1.29 is 8.42 Å². The summed E-state index contributed by atoms with van der Waals surface area (Å²) in [6.45, 7) is 2.77.